The number of carbonyl (C=O) groups excluding carboxylic acids is 1. The largest absolute Gasteiger partial charge is 0.497 e. The minimum atomic E-state index is -0.954. The molecule has 1 amide bonds. The molecular formula is C21H20N4O4. The van der Waals surface area contributed by atoms with Gasteiger partial charge in [-0.25, -0.2) is 9.48 Å². The summed E-state index contributed by atoms with van der Waals surface area (Å²) in [6.45, 7) is 0. The fourth-order valence-electron chi connectivity index (χ4n) is 3.48. The summed E-state index contributed by atoms with van der Waals surface area (Å²) in [4.78, 5) is 28.0. The van der Waals surface area contributed by atoms with Gasteiger partial charge in [0.1, 0.15) is 11.6 Å². The van der Waals surface area contributed by atoms with E-state index in [-0.39, 0.29) is 23.5 Å². The molecule has 148 valence electrons. The van der Waals surface area contributed by atoms with Gasteiger partial charge in [-0.2, -0.15) is 4.98 Å². The number of fused-ring (bicyclic) bond motifs is 1. The zero-order valence-electron chi connectivity index (χ0n) is 15.8. The van der Waals surface area contributed by atoms with Gasteiger partial charge in [-0.3, -0.25) is 10.1 Å². The van der Waals surface area contributed by atoms with Crippen LogP contribution in [0.1, 0.15) is 51.0 Å². The first-order valence-corrected chi connectivity index (χ1v) is 9.29. The number of ether oxygens (including phenoxy) is 1. The highest BCUT2D eigenvalue weighted by Gasteiger charge is 2.25. The first-order chi connectivity index (χ1) is 14.0. The standard InChI is InChI=1S/C21H20N4O4/c1-29-16-11-9-14(10-12-16)19(26)23-21-22-18-4-2-3-17(25(18)24-21)13-5-7-15(8-6-13)20(27)28/h5-12,17H,2-4H2,1H3,(H,27,28)(H,23,24,26). The van der Waals surface area contributed by atoms with Gasteiger partial charge in [-0.15, -0.1) is 5.10 Å². The summed E-state index contributed by atoms with van der Waals surface area (Å²) in [6, 6.07) is 13.6. The van der Waals surface area contributed by atoms with Crippen molar-refractivity contribution in [2.75, 3.05) is 12.4 Å². The van der Waals surface area contributed by atoms with Crippen LogP contribution < -0.4 is 10.1 Å². The van der Waals surface area contributed by atoms with Crippen molar-refractivity contribution in [3.8, 4) is 5.75 Å². The number of aromatic nitrogens is 3. The van der Waals surface area contributed by atoms with Crippen molar-refractivity contribution in [1.29, 1.82) is 0 Å². The van der Waals surface area contributed by atoms with E-state index in [4.69, 9.17) is 9.84 Å². The molecule has 0 radical (unpaired) electrons. The van der Waals surface area contributed by atoms with Crippen molar-refractivity contribution in [3.63, 3.8) is 0 Å². The van der Waals surface area contributed by atoms with E-state index in [1.165, 1.54) is 0 Å². The Morgan fingerprint density at radius 2 is 1.79 bits per heavy atom. The van der Waals surface area contributed by atoms with E-state index < -0.39 is 5.97 Å². The lowest BCUT2D eigenvalue weighted by Crippen LogP contribution is -2.20. The Labute approximate surface area is 167 Å². The second kappa shape index (κ2) is 7.75. The smallest absolute Gasteiger partial charge is 0.335 e. The lowest BCUT2D eigenvalue weighted by Gasteiger charge is -2.23. The van der Waals surface area contributed by atoms with Crippen molar-refractivity contribution in [2.24, 2.45) is 0 Å². The highest BCUT2D eigenvalue weighted by Crippen LogP contribution is 2.30. The summed E-state index contributed by atoms with van der Waals surface area (Å²) < 4.78 is 6.93. The number of nitrogens with one attached hydrogen (secondary N) is 1. The number of anilines is 1. The van der Waals surface area contributed by atoms with Gasteiger partial charge in [-0.05, 0) is 54.8 Å². The van der Waals surface area contributed by atoms with Crippen molar-refractivity contribution >= 4 is 17.8 Å². The van der Waals surface area contributed by atoms with Gasteiger partial charge in [-0.1, -0.05) is 12.1 Å². The Morgan fingerprint density at radius 1 is 1.10 bits per heavy atom. The van der Waals surface area contributed by atoms with E-state index in [0.717, 1.165) is 30.7 Å². The molecule has 2 N–H and O–H groups in total. The lowest BCUT2D eigenvalue weighted by molar-refractivity contribution is 0.0696. The average Bonchev–Trinajstić information content (AvgIpc) is 3.16. The molecule has 0 spiro atoms. The Kier molecular flexibility index (Phi) is 4.99. The molecule has 0 aliphatic carbocycles. The molecule has 0 bridgehead atoms. The molecule has 4 rings (SSSR count). The van der Waals surface area contributed by atoms with Crippen molar-refractivity contribution in [1.82, 2.24) is 14.8 Å². The normalized spacial score (nSPS) is 15.4. The molecule has 3 aromatic rings. The summed E-state index contributed by atoms with van der Waals surface area (Å²) in [5.41, 5.74) is 1.70. The molecule has 2 heterocycles. The second-order valence-corrected chi connectivity index (χ2v) is 6.81. The van der Waals surface area contributed by atoms with Crippen LogP contribution in [0.5, 0.6) is 5.75 Å². The molecule has 0 saturated heterocycles. The molecule has 0 saturated carbocycles. The number of carbonyl (C=O) groups is 2. The van der Waals surface area contributed by atoms with Crippen LogP contribution in [0.2, 0.25) is 0 Å². The summed E-state index contributed by atoms with van der Waals surface area (Å²) >= 11 is 0. The molecular weight excluding hydrogens is 372 g/mol. The molecule has 1 atom stereocenters. The number of aromatic carboxylic acids is 1. The van der Waals surface area contributed by atoms with Crippen molar-refractivity contribution in [3.05, 3.63) is 71.0 Å². The minimum Gasteiger partial charge on any atom is -0.497 e. The van der Waals surface area contributed by atoms with Crippen LogP contribution in [-0.4, -0.2) is 38.9 Å². The minimum absolute atomic E-state index is 0.0410. The van der Waals surface area contributed by atoms with Gasteiger partial charge < -0.3 is 9.84 Å². The fraction of sp³-hybridized carbons (Fsp3) is 0.238. The SMILES string of the molecule is COc1ccc(C(=O)Nc2nc3n(n2)C(c2ccc(C(=O)O)cc2)CCC3)cc1. The Balaban J connectivity index is 1.54. The monoisotopic (exact) mass is 392 g/mol. The van der Waals surface area contributed by atoms with Gasteiger partial charge >= 0.3 is 5.97 Å². The van der Waals surface area contributed by atoms with Crippen LogP contribution in [0.4, 0.5) is 5.95 Å². The van der Waals surface area contributed by atoms with Gasteiger partial charge in [0.05, 0.1) is 18.7 Å². The van der Waals surface area contributed by atoms with E-state index in [2.05, 4.69) is 15.4 Å². The highest BCUT2D eigenvalue weighted by molar-refractivity contribution is 6.03. The fourth-order valence-corrected chi connectivity index (χ4v) is 3.48. The van der Waals surface area contributed by atoms with Crippen molar-refractivity contribution in [2.45, 2.75) is 25.3 Å². The van der Waals surface area contributed by atoms with E-state index in [1.807, 2.05) is 4.68 Å². The number of carboxylic acid groups (broad SMARTS) is 1. The number of nitrogens with zero attached hydrogens (tertiary/aromatic N) is 3. The predicted molar refractivity (Wildman–Crippen MR) is 105 cm³/mol. The van der Waals surface area contributed by atoms with E-state index in [0.29, 0.717) is 11.3 Å². The van der Waals surface area contributed by atoms with Crippen LogP contribution in [0.25, 0.3) is 0 Å². The Hall–Kier alpha value is -3.68. The molecule has 2 aromatic carbocycles. The third kappa shape index (κ3) is 3.82. The van der Waals surface area contributed by atoms with Gasteiger partial charge in [0.15, 0.2) is 0 Å². The van der Waals surface area contributed by atoms with Gasteiger partial charge in [0.2, 0.25) is 5.95 Å². The second-order valence-electron chi connectivity index (χ2n) is 6.81. The molecule has 8 heteroatoms. The van der Waals surface area contributed by atoms with Gasteiger partial charge in [0, 0.05) is 12.0 Å². The first-order valence-electron chi connectivity index (χ1n) is 9.29. The van der Waals surface area contributed by atoms with Gasteiger partial charge in [0.25, 0.3) is 5.91 Å². The zero-order valence-corrected chi connectivity index (χ0v) is 15.8. The lowest BCUT2D eigenvalue weighted by atomic mass is 9.97. The predicted octanol–water partition coefficient (Wildman–Crippen LogP) is 3.16. The Bertz CT molecular complexity index is 1040. The molecule has 1 unspecified atom stereocenters. The first kappa shape index (κ1) is 18.7. The maximum atomic E-state index is 12.5. The summed E-state index contributed by atoms with van der Waals surface area (Å²) in [7, 11) is 1.57. The van der Waals surface area contributed by atoms with Crippen LogP contribution >= 0.6 is 0 Å². The maximum absolute atomic E-state index is 12.5. The summed E-state index contributed by atoms with van der Waals surface area (Å²) in [6.07, 6.45) is 2.58. The number of hydrogen-bond donors (Lipinski definition) is 2. The maximum Gasteiger partial charge on any atom is 0.335 e. The molecule has 8 nitrogen and oxygen atoms in total. The van der Waals surface area contributed by atoms with Crippen LogP contribution in [0.3, 0.4) is 0 Å². The average molecular weight is 392 g/mol. The molecule has 1 aromatic heterocycles. The number of methoxy groups -OCH3 is 1. The van der Waals surface area contributed by atoms with Crippen LogP contribution in [0.15, 0.2) is 48.5 Å². The highest BCUT2D eigenvalue weighted by atomic mass is 16.5. The number of aryl methyl sites for hydroxylation is 1. The molecule has 0 fully saturated rings. The number of amides is 1. The topological polar surface area (TPSA) is 106 Å². The Morgan fingerprint density at radius 3 is 2.45 bits per heavy atom. The number of benzene rings is 2. The van der Waals surface area contributed by atoms with Crippen molar-refractivity contribution < 1.29 is 19.4 Å². The summed E-state index contributed by atoms with van der Waals surface area (Å²) in [5.74, 6) is 0.487. The molecule has 29 heavy (non-hydrogen) atoms. The van der Waals surface area contributed by atoms with E-state index >= 15 is 0 Å². The van der Waals surface area contributed by atoms with Crippen LogP contribution in [0, 0.1) is 0 Å². The molecule has 1 aliphatic rings. The quantitative estimate of drug-likeness (QED) is 0.691. The summed E-state index contributed by atoms with van der Waals surface area (Å²) in [5, 5.41) is 16.3. The molecule has 1 aliphatic heterocycles. The van der Waals surface area contributed by atoms with E-state index in [9.17, 15) is 9.59 Å². The number of carboxylic acids is 1. The third-order valence-corrected chi connectivity index (χ3v) is 4.99. The third-order valence-electron chi connectivity index (χ3n) is 4.99. The van der Waals surface area contributed by atoms with Crippen LogP contribution in [-0.2, 0) is 6.42 Å². The zero-order chi connectivity index (χ0) is 20.4. The number of rotatable bonds is 5. The van der Waals surface area contributed by atoms with E-state index in [1.54, 1.807) is 55.6 Å². The number of hydrogen-bond acceptors (Lipinski definition) is 5.